The molecule has 8 heteroatoms. The summed E-state index contributed by atoms with van der Waals surface area (Å²) in [5, 5.41) is 26.5. The molecule has 1 aromatic rings. The molecule has 1 rings (SSSR count). The molecule has 0 radical (unpaired) electrons. The van der Waals surface area contributed by atoms with E-state index in [4.69, 9.17) is 10.2 Å². The Morgan fingerprint density at radius 1 is 1.56 bits per heavy atom. The van der Waals surface area contributed by atoms with Crippen molar-refractivity contribution in [2.45, 2.75) is 19.4 Å². The molecule has 0 bridgehead atoms. The van der Waals surface area contributed by atoms with Crippen molar-refractivity contribution in [2.75, 3.05) is 11.9 Å². The van der Waals surface area contributed by atoms with Gasteiger partial charge in [-0.15, -0.1) is 0 Å². The van der Waals surface area contributed by atoms with Crippen LogP contribution in [0.5, 0.6) is 0 Å². The van der Waals surface area contributed by atoms with Gasteiger partial charge in [0.05, 0.1) is 11.4 Å². The molecule has 0 aliphatic heterocycles. The van der Waals surface area contributed by atoms with Gasteiger partial charge >= 0.3 is 12.0 Å². The van der Waals surface area contributed by atoms with Crippen LogP contribution in [-0.2, 0) is 11.8 Å². The van der Waals surface area contributed by atoms with Crippen LogP contribution in [0.4, 0.5) is 10.5 Å². The van der Waals surface area contributed by atoms with Crippen LogP contribution >= 0.6 is 0 Å². The van der Waals surface area contributed by atoms with Gasteiger partial charge in [0.1, 0.15) is 0 Å². The van der Waals surface area contributed by atoms with Crippen molar-refractivity contribution in [3.8, 4) is 0 Å². The highest BCUT2D eigenvalue weighted by Gasteiger charge is 2.13. The van der Waals surface area contributed by atoms with Gasteiger partial charge in [-0.2, -0.15) is 5.10 Å². The molecule has 1 heterocycles. The molecule has 0 unspecified atom stereocenters. The summed E-state index contributed by atoms with van der Waals surface area (Å²) < 4.78 is 1.57. The van der Waals surface area contributed by atoms with Crippen LogP contribution in [-0.4, -0.2) is 44.6 Å². The summed E-state index contributed by atoms with van der Waals surface area (Å²) in [6.45, 7) is 1.82. The summed E-state index contributed by atoms with van der Waals surface area (Å²) in [4.78, 5) is 21.8. The van der Waals surface area contributed by atoms with Crippen LogP contribution in [0.2, 0.25) is 0 Å². The third kappa shape index (κ3) is 4.06. The van der Waals surface area contributed by atoms with Crippen molar-refractivity contribution in [3.63, 3.8) is 0 Å². The summed E-state index contributed by atoms with van der Waals surface area (Å²) in [5.41, 5.74) is 1.26. The van der Waals surface area contributed by atoms with E-state index in [2.05, 4.69) is 15.7 Å². The molecule has 0 saturated carbocycles. The van der Waals surface area contributed by atoms with Gasteiger partial charge in [0, 0.05) is 26.2 Å². The van der Waals surface area contributed by atoms with Crippen molar-refractivity contribution in [2.24, 2.45) is 7.05 Å². The second-order valence-electron chi connectivity index (χ2n) is 3.83. The molecule has 8 nitrogen and oxygen atoms in total. The highest BCUT2D eigenvalue weighted by Crippen LogP contribution is 2.10. The van der Waals surface area contributed by atoms with Crippen LogP contribution in [0.3, 0.4) is 0 Å². The molecule has 0 aliphatic carbocycles. The topological polar surface area (TPSA) is 116 Å². The van der Waals surface area contributed by atoms with Crippen molar-refractivity contribution >= 4 is 17.7 Å². The van der Waals surface area contributed by atoms with Gasteiger partial charge in [-0.25, -0.2) is 9.59 Å². The first-order chi connectivity index (χ1) is 8.40. The SMILES string of the molecule is Cc1nn(C)cc1NC(=O)NCC[C@H](O)C(=O)O. The Bertz CT molecular complexity index is 443. The van der Waals surface area contributed by atoms with Gasteiger partial charge < -0.3 is 20.8 Å². The maximum Gasteiger partial charge on any atom is 0.332 e. The number of amides is 2. The number of aromatic nitrogens is 2. The molecule has 0 fully saturated rings. The van der Waals surface area contributed by atoms with E-state index in [9.17, 15) is 9.59 Å². The van der Waals surface area contributed by atoms with Crippen molar-refractivity contribution in [1.29, 1.82) is 0 Å². The number of hydrogen-bond acceptors (Lipinski definition) is 4. The second-order valence-corrected chi connectivity index (χ2v) is 3.83. The summed E-state index contributed by atoms with van der Waals surface area (Å²) in [5.74, 6) is -1.31. The number of anilines is 1. The zero-order valence-electron chi connectivity index (χ0n) is 10.2. The lowest BCUT2D eigenvalue weighted by Crippen LogP contribution is -2.33. The zero-order valence-corrected chi connectivity index (χ0v) is 10.2. The number of aryl methyl sites for hydroxylation is 2. The van der Waals surface area contributed by atoms with Crippen LogP contribution < -0.4 is 10.6 Å². The van der Waals surface area contributed by atoms with Gasteiger partial charge in [-0.05, 0) is 6.92 Å². The maximum absolute atomic E-state index is 11.4. The molecule has 0 aromatic carbocycles. The van der Waals surface area contributed by atoms with Crippen molar-refractivity contribution in [1.82, 2.24) is 15.1 Å². The standard InChI is InChI=1S/C10H16N4O4/c1-6-7(5-14(2)13-6)12-10(18)11-4-3-8(15)9(16)17/h5,8,15H,3-4H2,1-2H3,(H,16,17)(H2,11,12,18)/t8-/m0/s1. The molecule has 0 saturated heterocycles. The molecule has 4 N–H and O–H groups in total. The first-order valence-electron chi connectivity index (χ1n) is 5.36. The van der Waals surface area contributed by atoms with E-state index in [1.165, 1.54) is 0 Å². The quantitative estimate of drug-likeness (QED) is 0.576. The van der Waals surface area contributed by atoms with E-state index in [1.807, 2.05) is 0 Å². The molecule has 0 aliphatic rings. The third-order valence-electron chi connectivity index (χ3n) is 2.25. The van der Waals surface area contributed by atoms with E-state index in [0.717, 1.165) is 0 Å². The van der Waals surface area contributed by atoms with Gasteiger partial charge in [0.2, 0.25) is 0 Å². The summed E-state index contributed by atoms with van der Waals surface area (Å²) in [7, 11) is 1.74. The molecule has 100 valence electrons. The number of rotatable bonds is 5. The number of carbonyl (C=O) groups is 2. The van der Waals surface area contributed by atoms with E-state index < -0.39 is 18.1 Å². The lowest BCUT2D eigenvalue weighted by molar-refractivity contribution is -0.146. The van der Waals surface area contributed by atoms with E-state index in [0.29, 0.717) is 11.4 Å². The molecule has 1 atom stereocenters. The molecule has 0 spiro atoms. The number of aliphatic carboxylic acids is 1. The Balaban J connectivity index is 2.34. The molecule has 18 heavy (non-hydrogen) atoms. The lowest BCUT2D eigenvalue weighted by atomic mass is 10.2. The number of hydrogen-bond donors (Lipinski definition) is 4. The van der Waals surface area contributed by atoms with Gasteiger partial charge in [0.25, 0.3) is 0 Å². The highest BCUT2D eigenvalue weighted by atomic mass is 16.4. The minimum atomic E-state index is -1.47. The minimum absolute atomic E-state index is 0.0469. The number of carboxylic acid groups (broad SMARTS) is 1. The monoisotopic (exact) mass is 256 g/mol. The summed E-state index contributed by atoms with van der Waals surface area (Å²) >= 11 is 0. The minimum Gasteiger partial charge on any atom is -0.479 e. The fraction of sp³-hybridized carbons (Fsp3) is 0.500. The molecular formula is C10H16N4O4. The molecule has 1 aromatic heterocycles. The number of nitrogens with zero attached hydrogens (tertiary/aromatic N) is 2. The van der Waals surface area contributed by atoms with Crippen molar-refractivity contribution in [3.05, 3.63) is 11.9 Å². The van der Waals surface area contributed by atoms with Gasteiger partial charge in [-0.1, -0.05) is 0 Å². The lowest BCUT2D eigenvalue weighted by Gasteiger charge is -2.08. The third-order valence-corrected chi connectivity index (χ3v) is 2.25. The predicted octanol–water partition coefficient (Wildman–Crippen LogP) is -0.314. The predicted molar refractivity (Wildman–Crippen MR) is 63.2 cm³/mol. The Hall–Kier alpha value is -2.09. The van der Waals surface area contributed by atoms with Crippen molar-refractivity contribution < 1.29 is 19.8 Å². The first kappa shape index (κ1) is 14.0. The largest absolute Gasteiger partial charge is 0.479 e. The number of urea groups is 1. The average Bonchev–Trinajstić information content (AvgIpc) is 2.57. The summed E-state index contributed by atoms with van der Waals surface area (Å²) in [6, 6.07) is -0.469. The van der Waals surface area contributed by atoms with E-state index in [-0.39, 0.29) is 13.0 Å². The fourth-order valence-electron chi connectivity index (χ4n) is 1.33. The number of aliphatic hydroxyl groups excluding tert-OH is 1. The van der Waals surface area contributed by atoms with Gasteiger partial charge in [-0.3, -0.25) is 4.68 Å². The Labute approximate surface area is 104 Å². The number of nitrogens with one attached hydrogen (secondary N) is 2. The zero-order chi connectivity index (χ0) is 13.7. The van der Waals surface area contributed by atoms with Crippen LogP contribution in [0.15, 0.2) is 6.20 Å². The summed E-state index contributed by atoms with van der Waals surface area (Å²) in [6.07, 6.45) is 0.140. The van der Waals surface area contributed by atoms with E-state index in [1.54, 1.807) is 24.9 Å². The van der Waals surface area contributed by atoms with Crippen LogP contribution in [0, 0.1) is 6.92 Å². The molecule has 2 amide bonds. The second kappa shape index (κ2) is 6.01. The van der Waals surface area contributed by atoms with Crippen LogP contribution in [0.1, 0.15) is 12.1 Å². The molecular weight excluding hydrogens is 240 g/mol. The first-order valence-corrected chi connectivity index (χ1v) is 5.36. The fourth-order valence-corrected chi connectivity index (χ4v) is 1.33. The van der Waals surface area contributed by atoms with Gasteiger partial charge in [0.15, 0.2) is 6.10 Å². The maximum atomic E-state index is 11.4. The smallest absolute Gasteiger partial charge is 0.332 e. The average molecular weight is 256 g/mol. The Kier molecular flexibility index (Phi) is 4.67. The Morgan fingerprint density at radius 2 is 2.22 bits per heavy atom. The van der Waals surface area contributed by atoms with Crippen LogP contribution in [0.25, 0.3) is 0 Å². The number of carboxylic acids is 1. The highest BCUT2D eigenvalue weighted by molar-refractivity contribution is 5.89. The Morgan fingerprint density at radius 3 is 2.72 bits per heavy atom. The number of aliphatic hydroxyl groups is 1. The number of carbonyl (C=O) groups excluding carboxylic acids is 1. The normalized spacial score (nSPS) is 11.9. The van der Waals surface area contributed by atoms with E-state index >= 15 is 0 Å².